The second-order valence-corrected chi connectivity index (χ2v) is 6.14. The van der Waals surface area contributed by atoms with Gasteiger partial charge in [0.25, 0.3) is 0 Å². The van der Waals surface area contributed by atoms with Crippen molar-refractivity contribution in [2.24, 2.45) is 0 Å². The number of aromatic nitrogens is 1. The van der Waals surface area contributed by atoms with E-state index in [4.69, 9.17) is 4.98 Å². The van der Waals surface area contributed by atoms with Crippen molar-refractivity contribution in [3.63, 3.8) is 0 Å². The first-order chi connectivity index (χ1) is 12.9. The highest BCUT2D eigenvalue weighted by Crippen LogP contribution is 2.22. The van der Waals surface area contributed by atoms with Gasteiger partial charge in [0, 0.05) is 5.39 Å². The Morgan fingerprint density at radius 1 is 0.538 bits per heavy atom. The van der Waals surface area contributed by atoms with E-state index < -0.39 is 0 Å². The maximum atomic E-state index is 4.79. The molecule has 0 unspecified atom stereocenters. The Balaban J connectivity index is 1.74. The number of fused-ring (bicyclic) bond motifs is 1. The summed E-state index contributed by atoms with van der Waals surface area (Å²) in [5.41, 5.74) is 5.50. The van der Waals surface area contributed by atoms with Crippen molar-refractivity contribution in [2.75, 3.05) is 0 Å². The van der Waals surface area contributed by atoms with Crippen LogP contribution >= 0.6 is 0 Å². The third-order valence-electron chi connectivity index (χ3n) is 4.27. The molecule has 0 atom stereocenters. The highest BCUT2D eigenvalue weighted by Gasteiger charge is 2.02. The van der Waals surface area contributed by atoms with Gasteiger partial charge in [-0.15, -0.1) is 0 Å². The van der Waals surface area contributed by atoms with Gasteiger partial charge < -0.3 is 0 Å². The van der Waals surface area contributed by atoms with Crippen LogP contribution in [0.25, 0.3) is 35.2 Å². The molecule has 1 nitrogen and oxygen atoms in total. The smallest absolute Gasteiger partial charge is 0.0715 e. The Morgan fingerprint density at radius 2 is 1.12 bits per heavy atom. The van der Waals surface area contributed by atoms with Crippen LogP contribution in [0.5, 0.6) is 0 Å². The van der Waals surface area contributed by atoms with Crippen LogP contribution in [0.2, 0.25) is 0 Å². The molecule has 4 rings (SSSR count). The molecule has 0 saturated carbocycles. The van der Waals surface area contributed by atoms with Crippen molar-refractivity contribution in [3.8, 4) is 0 Å². The molecule has 0 bridgehead atoms. The van der Waals surface area contributed by atoms with Gasteiger partial charge >= 0.3 is 0 Å². The molecule has 124 valence electrons. The van der Waals surface area contributed by atoms with Gasteiger partial charge in [-0.25, -0.2) is 4.98 Å². The fourth-order valence-electron chi connectivity index (χ4n) is 2.94. The quantitative estimate of drug-likeness (QED) is 0.411. The van der Waals surface area contributed by atoms with Crippen molar-refractivity contribution in [2.45, 2.75) is 0 Å². The van der Waals surface area contributed by atoms with E-state index in [0.29, 0.717) is 0 Å². The molecule has 0 aliphatic rings. The zero-order chi connectivity index (χ0) is 17.6. The summed E-state index contributed by atoms with van der Waals surface area (Å²) in [5, 5.41) is 1.16. The van der Waals surface area contributed by atoms with E-state index in [1.807, 2.05) is 30.3 Å². The Hall–Kier alpha value is -3.45. The minimum Gasteiger partial charge on any atom is -0.248 e. The molecule has 0 radical (unpaired) electrons. The Labute approximate surface area is 154 Å². The van der Waals surface area contributed by atoms with E-state index in [1.54, 1.807) is 0 Å². The number of para-hydroxylation sites is 1. The zero-order valence-electron chi connectivity index (χ0n) is 14.4. The number of rotatable bonds is 4. The first-order valence-electron chi connectivity index (χ1n) is 8.74. The lowest BCUT2D eigenvalue weighted by Gasteiger charge is -2.05. The summed E-state index contributed by atoms with van der Waals surface area (Å²) in [7, 11) is 0. The fourth-order valence-corrected chi connectivity index (χ4v) is 2.94. The summed E-state index contributed by atoms with van der Waals surface area (Å²) in [6, 6.07) is 31.1. The van der Waals surface area contributed by atoms with Crippen LogP contribution in [0.3, 0.4) is 0 Å². The lowest BCUT2D eigenvalue weighted by Crippen LogP contribution is -1.87. The molecule has 26 heavy (non-hydrogen) atoms. The first-order valence-corrected chi connectivity index (χ1v) is 8.74. The Morgan fingerprint density at radius 3 is 1.81 bits per heavy atom. The lowest BCUT2D eigenvalue weighted by molar-refractivity contribution is 1.37. The molecule has 3 aromatic carbocycles. The van der Waals surface area contributed by atoms with Gasteiger partial charge in [-0.2, -0.15) is 0 Å². The Kier molecular flexibility index (Phi) is 4.70. The largest absolute Gasteiger partial charge is 0.248 e. The number of nitrogens with zero attached hydrogens (tertiary/aromatic N) is 1. The molecule has 1 aromatic heterocycles. The van der Waals surface area contributed by atoms with E-state index >= 15 is 0 Å². The van der Waals surface area contributed by atoms with Crippen LogP contribution in [0.1, 0.15) is 22.4 Å². The van der Waals surface area contributed by atoms with Crippen molar-refractivity contribution < 1.29 is 0 Å². The summed E-state index contributed by atoms with van der Waals surface area (Å²) < 4.78 is 0. The molecule has 0 aliphatic heterocycles. The highest BCUT2D eigenvalue weighted by atomic mass is 14.7. The molecule has 0 amide bonds. The summed E-state index contributed by atoms with van der Waals surface area (Å²) in [6.45, 7) is 0. The maximum absolute atomic E-state index is 4.79. The molecule has 1 heteroatoms. The van der Waals surface area contributed by atoms with Crippen molar-refractivity contribution in [1.29, 1.82) is 0 Å². The summed E-state index contributed by atoms with van der Waals surface area (Å²) in [4.78, 5) is 4.79. The molecule has 0 aliphatic carbocycles. The van der Waals surface area contributed by atoms with Crippen LogP contribution < -0.4 is 0 Å². The van der Waals surface area contributed by atoms with Gasteiger partial charge in [0.05, 0.1) is 11.2 Å². The van der Waals surface area contributed by atoms with Gasteiger partial charge in [-0.1, -0.05) is 97.1 Å². The number of benzene rings is 3. The van der Waals surface area contributed by atoms with Crippen LogP contribution in [0.15, 0.2) is 91.0 Å². The van der Waals surface area contributed by atoms with E-state index in [1.165, 1.54) is 16.7 Å². The second kappa shape index (κ2) is 7.62. The lowest BCUT2D eigenvalue weighted by atomic mass is 10.1. The highest BCUT2D eigenvalue weighted by molar-refractivity contribution is 5.92. The van der Waals surface area contributed by atoms with Gasteiger partial charge in [-0.3, -0.25) is 0 Å². The van der Waals surface area contributed by atoms with Gasteiger partial charge in [-0.05, 0) is 34.9 Å². The Bertz CT molecular complexity index is 1060. The summed E-state index contributed by atoms with van der Waals surface area (Å²) in [5.74, 6) is 0. The van der Waals surface area contributed by atoms with Crippen molar-refractivity contribution in [3.05, 3.63) is 113 Å². The van der Waals surface area contributed by atoms with E-state index in [-0.39, 0.29) is 0 Å². The van der Waals surface area contributed by atoms with E-state index in [9.17, 15) is 0 Å². The molecular formula is C25H19N. The predicted octanol–water partition coefficient (Wildman–Crippen LogP) is 6.58. The normalized spacial score (nSPS) is 11.5. The van der Waals surface area contributed by atoms with Crippen molar-refractivity contribution in [1.82, 2.24) is 4.98 Å². The van der Waals surface area contributed by atoms with Gasteiger partial charge in [0.1, 0.15) is 0 Å². The van der Waals surface area contributed by atoms with Crippen LogP contribution in [0, 0.1) is 0 Å². The molecular weight excluding hydrogens is 314 g/mol. The van der Waals surface area contributed by atoms with Crippen LogP contribution in [0.4, 0.5) is 0 Å². The van der Waals surface area contributed by atoms with Gasteiger partial charge in [0.2, 0.25) is 0 Å². The molecule has 0 spiro atoms. The second-order valence-electron chi connectivity index (χ2n) is 6.14. The van der Waals surface area contributed by atoms with Crippen molar-refractivity contribution >= 4 is 35.2 Å². The molecule has 0 saturated heterocycles. The molecule has 4 aromatic rings. The topological polar surface area (TPSA) is 12.9 Å². The molecule has 1 heterocycles. The standard InChI is InChI=1S/C25H19N/c1-3-9-20(10-4-1)15-17-22-19-23(18-16-21-11-5-2-6-12-21)26-25-14-8-7-13-24(22)25/h1-19H/b17-15+,18-16+. The summed E-state index contributed by atoms with van der Waals surface area (Å²) >= 11 is 0. The SMILES string of the molecule is C(=C\c1cc(/C=C/c2ccccc2)c2ccccc2n1)/c1ccccc1. The molecule has 0 fully saturated rings. The third kappa shape index (κ3) is 3.79. The van der Waals surface area contributed by atoms with E-state index in [2.05, 4.69) is 85.0 Å². The predicted molar refractivity (Wildman–Crippen MR) is 112 cm³/mol. The monoisotopic (exact) mass is 333 g/mol. The zero-order valence-corrected chi connectivity index (χ0v) is 14.4. The number of hydrogen-bond donors (Lipinski definition) is 0. The summed E-state index contributed by atoms with van der Waals surface area (Å²) in [6.07, 6.45) is 8.48. The minimum absolute atomic E-state index is 0.959. The average Bonchev–Trinajstić information content (AvgIpc) is 2.72. The van der Waals surface area contributed by atoms with E-state index in [0.717, 1.165) is 16.6 Å². The minimum atomic E-state index is 0.959. The fraction of sp³-hybridized carbons (Fsp3) is 0. The van der Waals surface area contributed by atoms with Crippen LogP contribution in [-0.4, -0.2) is 4.98 Å². The number of hydrogen-bond acceptors (Lipinski definition) is 1. The van der Waals surface area contributed by atoms with Crippen LogP contribution in [-0.2, 0) is 0 Å². The molecule has 0 N–H and O–H groups in total. The number of pyridine rings is 1. The first kappa shape index (κ1) is 16.0. The van der Waals surface area contributed by atoms with Gasteiger partial charge in [0.15, 0.2) is 0 Å². The average molecular weight is 333 g/mol. The maximum Gasteiger partial charge on any atom is 0.0715 e. The third-order valence-corrected chi connectivity index (χ3v) is 4.27.